The molecule has 0 aliphatic rings. The fourth-order valence-electron chi connectivity index (χ4n) is 1.59. The van der Waals surface area contributed by atoms with E-state index < -0.39 is 0 Å². The highest BCUT2D eigenvalue weighted by Gasteiger charge is 2.14. The number of hydrogen-bond donors (Lipinski definition) is 1. The van der Waals surface area contributed by atoms with Gasteiger partial charge < -0.3 is 15.0 Å². The molecule has 1 atom stereocenters. The van der Waals surface area contributed by atoms with Crippen molar-refractivity contribution in [2.75, 3.05) is 13.7 Å². The number of ether oxygens (including phenoxy) is 1. The third-order valence-electron chi connectivity index (χ3n) is 2.40. The molecule has 2 N–H and O–H groups in total. The molecule has 0 saturated heterocycles. The van der Waals surface area contributed by atoms with Crippen molar-refractivity contribution in [1.29, 1.82) is 0 Å². The Kier molecular flexibility index (Phi) is 4.01. The van der Waals surface area contributed by atoms with Crippen molar-refractivity contribution in [1.82, 2.24) is 10.1 Å². The van der Waals surface area contributed by atoms with Gasteiger partial charge in [-0.1, -0.05) is 17.3 Å². The molecule has 0 fully saturated rings. The minimum Gasteiger partial charge on any atom is -0.383 e. The second-order valence-electron chi connectivity index (χ2n) is 3.91. The first-order valence-electron chi connectivity index (χ1n) is 5.52. The lowest BCUT2D eigenvalue weighted by molar-refractivity contribution is 0.176. The first-order chi connectivity index (χ1) is 8.70. The lowest BCUT2D eigenvalue weighted by atomic mass is 10.2. The lowest BCUT2D eigenvalue weighted by Crippen LogP contribution is -2.28. The van der Waals surface area contributed by atoms with Crippen molar-refractivity contribution in [3.63, 3.8) is 0 Å². The number of halogens is 1. The van der Waals surface area contributed by atoms with Crippen LogP contribution < -0.4 is 5.73 Å². The van der Waals surface area contributed by atoms with Gasteiger partial charge in [0.15, 0.2) is 0 Å². The van der Waals surface area contributed by atoms with Gasteiger partial charge in [0.1, 0.15) is 5.82 Å². The average Bonchev–Trinajstić information content (AvgIpc) is 2.78. The Balaban J connectivity index is 2.13. The van der Waals surface area contributed by atoms with E-state index in [1.165, 1.54) is 6.07 Å². The van der Waals surface area contributed by atoms with E-state index >= 15 is 0 Å². The fraction of sp³-hybridized carbons (Fsp3) is 0.333. The summed E-state index contributed by atoms with van der Waals surface area (Å²) in [5.41, 5.74) is 6.08. The first kappa shape index (κ1) is 12.7. The maximum absolute atomic E-state index is 13.5. The Morgan fingerprint density at radius 3 is 2.94 bits per heavy atom. The molecule has 6 heteroatoms. The molecular formula is C12H14FN3O2. The molecule has 1 aromatic carbocycles. The Labute approximate surface area is 104 Å². The molecule has 0 saturated carbocycles. The summed E-state index contributed by atoms with van der Waals surface area (Å²) < 4.78 is 23.4. The number of rotatable bonds is 5. The molecule has 0 aliphatic carbocycles. The predicted octanol–water partition coefficient (Wildman–Crippen LogP) is 1.39. The van der Waals surface area contributed by atoms with Gasteiger partial charge in [-0.3, -0.25) is 0 Å². The van der Waals surface area contributed by atoms with Crippen LogP contribution >= 0.6 is 0 Å². The normalized spacial score (nSPS) is 12.6. The number of benzene rings is 1. The lowest BCUT2D eigenvalue weighted by Gasteiger charge is -2.05. The van der Waals surface area contributed by atoms with Crippen molar-refractivity contribution in [3.8, 4) is 11.4 Å². The smallest absolute Gasteiger partial charge is 0.228 e. The van der Waals surface area contributed by atoms with Gasteiger partial charge in [-0.25, -0.2) is 4.39 Å². The summed E-state index contributed by atoms with van der Waals surface area (Å²) in [6.45, 7) is 0.400. The monoisotopic (exact) mass is 251 g/mol. The SMILES string of the molecule is COCC(N)Cc1nc(-c2ccccc2F)no1. The zero-order valence-electron chi connectivity index (χ0n) is 9.97. The van der Waals surface area contributed by atoms with E-state index in [1.807, 2.05) is 0 Å². The van der Waals surface area contributed by atoms with Crippen LogP contribution in [0.1, 0.15) is 5.89 Å². The average molecular weight is 251 g/mol. The van der Waals surface area contributed by atoms with E-state index in [9.17, 15) is 4.39 Å². The molecule has 0 bridgehead atoms. The van der Waals surface area contributed by atoms with E-state index in [2.05, 4.69) is 10.1 Å². The van der Waals surface area contributed by atoms with E-state index in [1.54, 1.807) is 25.3 Å². The summed E-state index contributed by atoms with van der Waals surface area (Å²) >= 11 is 0. The quantitative estimate of drug-likeness (QED) is 0.869. The number of hydrogen-bond acceptors (Lipinski definition) is 5. The third-order valence-corrected chi connectivity index (χ3v) is 2.40. The van der Waals surface area contributed by atoms with Gasteiger partial charge in [0, 0.05) is 19.6 Å². The maximum Gasteiger partial charge on any atom is 0.228 e. The molecule has 0 amide bonds. The molecule has 1 heterocycles. The van der Waals surface area contributed by atoms with Gasteiger partial charge in [0.05, 0.1) is 12.2 Å². The highest BCUT2D eigenvalue weighted by Crippen LogP contribution is 2.19. The summed E-state index contributed by atoms with van der Waals surface area (Å²) in [5, 5.41) is 3.74. The minimum absolute atomic E-state index is 0.219. The summed E-state index contributed by atoms with van der Waals surface area (Å²) in [5.74, 6) is 0.219. The van der Waals surface area contributed by atoms with Crippen molar-refractivity contribution < 1.29 is 13.7 Å². The van der Waals surface area contributed by atoms with E-state index in [0.717, 1.165) is 0 Å². The summed E-state index contributed by atoms with van der Waals surface area (Å²) in [6.07, 6.45) is 0.398. The number of aromatic nitrogens is 2. The first-order valence-corrected chi connectivity index (χ1v) is 5.52. The van der Waals surface area contributed by atoms with Crippen molar-refractivity contribution >= 4 is 0 Å². The van der Waals surface area contributed by atoms with E-state index in [-0.39, 0.29) is 17.7 Å². The van der Waals surface area contributed by atoms with Crippen molar-refractivity contribution in [2.24, 2.45) is 5.73 Å². The van der Waals surface area contributed by atoms with Crippen LogP contribution in [0.15, 0.2) is 28.8 Å². The molecule has 0 aliphatic heterocycles. The number of nitrogens with zero attached hydrogens (tertiary/aromatic N) is 2. The summed E-state index contributed by atoms with van der Waals surface area (Å²) in [4.78, 5) is 4.11. The van der Waals surface area contributed by atoms with Crippen LogP contribution in [0, 0.1) is 5.82 Å². The van der Waals surface area contributed by atoms with Gasteiger partial charge in [-0.05, 0) is 12.1 Å². The fourth-order valence-corrected chi connectivity index (χ4v) is 1.59. The van der Waals surface area contributed by atoms with Crippen LogP contribution in [-0.2, 0) is 11.2 Å². The van der Waals surface area contributed by atoms with E-state index in [4.69, 9.17) is 15.0 Å². The van der Waals surface area contributed by atoms with Gasteiger partial charge in [0.2, 0.25) is 11.7 Å². The molecule has 1 unspecified atom stereocenters. The molecule has 2 aromatic rings. The highest BCUT2D eigenvalue weighted by atomic mass is 19.1. The van der Waals surface area contributed by atoms with Gasteiger partial charge >= 0.3 is 0 Å². The molecule has 5 nitrogen and oxygen atoms in total. The van der Waals surface area contributed by atoms with E-state index in [0.29, 0.717) is 24.5 Å². The molecule has 0 radical (unpaired) electrons. The third kappa shape index (κ3) is 2.91. The summed E-state index contributed by atoms with van der Waals surface area (Å²) in [6, 6.07) is 6.05. The Hall–Kier alpha value is -1.79. The van der Waals surface area contributed by atoms with Crippen LogP contribution in [0.3, 0.4) is 0 Å². The van der Waals surface area contributed by atoms with Crippen LogP contribution in [-0.4, -0.2) is 29.9 Å². The second-order valence-corrected chi connectivity index (χ2v) is 3.91. The zero-order chi connectivity index (χ0) is 13.0. The van der Waals surface area contributed by atoms with Crippen molar-refractivity contribution in [3.05, 3.63) is 36.0 Å². The van der Waals surface area contributed by atoms with Gasteiger partial charge in [0.25, 0.3) is 0 Å². The zero-order valence-corrected chi connectivity index (χ0v) is 9.97. The molecule has 18 heavy (non-hydrogen) atoms. The standard InChI is InChI=1S/C12H14FN3O2/c1-17-7-8(14)6-11-15-12(16-18-11)9-4-2-3-5-10(9)13/h2-5,8H,6-7,14H2,1H3. The number of nitrogens with two attached hydrogens (primary N) is 1. The van der Waals surface area contributed by atoms with Gasteiger partial charge in [-0.2, -0.15) is 4.98 Å². The van der Waals surface area contributed by atoms with Crippen LogP contribution in [0.5, 0.6) is 0 Å². The molecule has 1 aromatic heterocycles. The van der Waals surface area contributed by atoms with Gasteiger partial charge in [-0.15, -0.1) is 0 Å². The maximum atomic E-state index is 13.5. The number of methoxy groups -OCH3 is 1. The molecule has 0 spiro atoms. The molecule has 96 valence electrons. The molecular weight excluding hydrogens is 237 g/mol. The van der Waals surface area contributed by atoms with Crippen LogP contribution in [0.4, 0.5) is 4.39 Å². The topological polar surface area (TPSA) is 74.2 Å². The largest absolute Gasteiger partial charge is 0.383 e. The minimum atomic E-state index is -0.383. The highest BCUT2D eigenvalue weighted by molar-refractivity contribution is 5.54. The van der Waals surface area contributed by atoms with Crippen LogP contribution in [0.2, 0.25) is 0 Å². The van der Waals surface area contributed by atoms with Crippen LogP contribution in [0.25, 0.3) is 11.4 Å². The Morgan fingerprint density at radius 1 is 1.44 bits per heavy atom. The molecule has 2 rings (SSSR count). The Morgan fingerprint density at radius 2 is 2.22 bits per heavy atom. The predicted molar refractivity (Wildman–Crippen MR) is 63.2 cm³/mol. The van der Waals surface area contributed by atoms with Crippen molar-refractivity contribution in [2.45, 2.75) is 12.5 Å². The second kappa shape index (κ2) is 5.70. The summed E-state index contributed by atoms with van der Waals surface area (Å²) in [7, 11) is 1.57. The Bertz CT molecular complexity index is 516.